The molecule has 0 aromatic heterocycles. The van der Waals surface area contributed by atoms with Gasteiger partial charge in [-0.1, -0.05) is 6.07 Å². The normalized spacial score (nSPS) is 19.3. The van der Waals surface area contributed by atoms with Gasteiger partial charge in [0.05, 0.1) is 5.92 Å². The number of carbonyl (C=O) groups is 2. The van der Waals surface area contributed by atoms with Gasteiger partial charge in [-0.2, -0.15) is 0 Å². The molecule has 0 saturated carbocycles. The first-order chi connectivity index (χ1) is 7.09. The van der Waals surface area contributed by atoms with Crippen molar-refractivity contribution in [3.8, 4) is 0 Å². The summed E-state index contributed by atoms with van der Waals surface area (Å²) in [5, 5.41) is 11.3. The van der Waals surface area contributed by atoms with Gasteiger partial charge in [0.15, 0.2) is 0 Å². The number of aliphatic carboxylic acids is 1. The van der Waals surface area contributed by atoms with Crippen molar-refractivity contribution in [1.82, 2.24) is 5.32 Å². The van der Waals surface area contributed by atoms with Gasteiger partial charge in [-0.3, -0.25) is 9.59 Å². The maximum atomic E-state index is 12.9. The molecule has 0 saturated heterocycles. The predicted octanol–water partition coefficient (Wildman–Crippen LogP) is 0.737. The summed E-state index contributed by atoms with van der Waals surface area (Å²) in [6, 6.07) is 3.56. The molecule has 0 fully saturated rings. The van der Waals surface area contributed by atoms with E-state index in [1.165, 1.54) is 6.07 Å². The monoisotopic (exact) mass is 209 g/mol. The lowest BCUT2D eigenvalue weighted by atomic mass is 9.90. The second-order valence-corrected chi connectivity index (χ2v) is 3.33. The average Bonchev–Trinajstić information content (AvgIpc) is 2.19. The van der Waals surface area contributed by atoms with E-state index in [-0.39, 0.29) is 12.1 Å². The number of nitrogens with one attached hydrogen (secondary N) is 1. The standard InChI is InChI=1S/C10H8FNO3/c11-5-1-2-6-7(3-5)9(13)12-4-8(6)10(14)15/h1-3,8H,4H2,(H,12,13)(H,14,15). The lowest BCUT2D eigenvalue weighted by Gasteiger charge is -2.22. The second-order valence-electron chi connectivity index (χ2n) is 3.33. The number of carbonyl (C=O) groups excluding carboxylic acids is 1. The Bertz CT molecular complexity index is 444. The first kappa shape index (κ1) is 9.64. The first-order valence-electron chi connectivity index (χ1n) is 4.40. The van der Waals surface area contributed by atoms with Crippen LogP contribution in [0.2, 0.25) is 0 Å². The van der Waals surface area contributed by atoms with Crippen LogP contribution in [0.5, 0.6) is 0 Å². The van der Waals surface area contributed by atoms with Crippen molar-refractivity contribution in [2.75, 3.05) is 6.54 Å². The van der Waals surface area contributed by atoms with E-state index in [4.69, 9.17) is 5.11 Å². The Morgan fingerprint density at radius 3 is 2.93 bits per heavy atom. The lowest BCUT2D eigenvalue weighted by molar-refractivity contribution is -0.138. The van der Waals surface area contributed by atoms with Crippen molar-refractivity contribution < 1.29 is 19.1 Å². The van der Waals surface area contributed by atoms with Gasteiger partial charge in [-0.05, 0) is 17.7 Å². The summed E-state index contributed by atoms with van der Waals surface area (Å²) in [5.74, 6) is -2.79. The van der Waals surface area contributed by atoms with E-state index in [1.54, 1.807) is 0 Å². The third-order valence-corrected chi connectivity index (χ3v) is 2.40. The van der Waals surface area contributed by atoms with E-state index in [1.807, 2.05) is 0 Å². The summed E-state index contributed by atoms with van der Waals surface area (Å²) in [6.45, 7) is 0.0484. The maximum absolute atomic E-state index is 12.9. The zero-order valence-electron chi connectivity index (χ0n) is 7.66. The summed E-state index contributed by atoms with van der Waals surface area (Å²) >= 11 is 0. The Kier molecular flexibility index (Phi) is 2.15. The molecule has 1 aromatic carbocycles. The highest BCUT2D eigenvalue weighted by Crippen LogP contribution is 2.24. The number of carboxylic acid groups (broad SMARTS) is 1. The summed E-state index contributed by atoms with van der Waals surface area (Å²) in [6.07, 6.45) is 0. The van der Waals surface area contributed by atoms with Crippen LogP contribution in [0, 0.1) is 5.82 Å². The summed E-state index contributed by atoms with van der Waals surface area (Å²) in [5.41, 5.74) is 0.473. The Labute approximate surface area is 84.7 Å². The molecule has 1 unspecified atom stereocenters. The van der Waals surface area contributed by atoms with Gasteiger partial charge >= 0.3 is 5.97 Å². The van der Waals surface area contributed by atoms with Gasteiger partial charge in [0.2, 0.25) is 0 Å². The van der Waals surface area contributed by atoms with Crippen molar-refractivity contribution in [3.63, 3.8) is 0 Å². The average molecular weight is 209 g/mol. The molecule has 0 radical (unpaired) electrons. The predicted molar refractivity (Wildman–Crippen MR) is 49.1 cm³/mol. The van der Waals surface area contributed by atoms with Gasteiger partial charge in [0.25, 0.3) is 5.91 Å². The number of hydrogen-bond acceptors (Lipinski definition) is 2. The van der Waals surface area contributed by atoms with Crippen LogP contribution in [0.3, 0.4) is 0 Å². The Balaban J connectivity index is 2.55. The molecule has 15 heavy (non-hydrogen) atoms. The van der Waals surface area contributed by atoms with Crippen molar-refractivity contribution in [3.05, 3.63) is 35.1 Å². The maximum Gasteiger partial charge on any atom is 0.312 e. The van der Waals surface area contributed by atoms with Crippen molar-refractivity contribution >= 4 is 11.9 Å². The Morgan fingerprint density at radius 2 is 2.27 bits per heavy atom. The highest BCUT2D eigenvalue weighted by atomic mass is 19.1. The van der Waals surface area contributed by atoms with Crippen LogP contribution in [0.15, 0.2) is 18.2 Å². The molecule has 1 aliphatic rings. The topological polar surface area (TPSA) is 66.4 Å². The molecule has 2 rings (SSSR count). The van der Waals surface area contributed by atoms with Crippen molar-refractivity contribution in [1.29, 1.82) is 0 Å². The highest BCUT2D eigenvalue weighted by molar-refractivity contribution is 5.99. The fraction of sp³-hybridized carbons (Fsp3) is 0.200. The molecule has 0 aliphatic carbocycles. The number of fused-ring (bicyclic) bond motifs is 1. The van der Waals surface area contributed by atoms with Gasteiger partial charge in [-0.15, -0.1) is 0 Å². The van der Waals surface area contributed by atoms with Crippen LogP contribution in [-0.2, 0) is 4.79 Å². The van der Waals surface area contributed by atoms with Gasteiger partial charge in [0.1, 0.15) is 5.82 Å². The lowest BCUT2D eigenvalue weighted by Crippen LogP contribution is -2.38. The molecule has 0 bridgehead atoms. The van der Waals surface area contributed by atoms with Crippen LogP contribution < -0.4 is 5.32 Å². The van der Waals surface area contributed by atoms with Crippen LogP contribution in [-0.4, -0.2) is 23.5 Å². The summed E-state index contributed by atoms with van der Waals surface area (Å²) in [4.78, 5) is 22.2. The number of halogens is 1. The van der Waals surface area contributed by atoms with E-state index in [2.05, 4.69) is 5.32 Å². The van der Waals surface area contributed by atoms with Gasteiger partial charge in [-0.25, -0.2) is 4.39 Å². The quantitative estimate of drug-likeness (QED) is 0.716. The SMILES string of the molecule is O=C1NCC(C(=O)O)c2ccc(F)cc21. The third-order valence-electron chi connectivity index (χ3n) is 2.40. The minimum Gasteiger partial charge on any atom is -0.481 e. The van der Waals surface area contributed by atoms with Crippen LogP contribution in [0.4, 0.5) is 4.39 Å². The first-order valence-corrected chi connectivity index (χ1v) is 4.40. The molecule has 1 heterocycles. The number of hydrogen-bond donors (Lipinski definition) is 2. The molecular formula is C10H8FNO3. The van der Waals surface area contributed by atoms with E-state index in [0.717, 1.165) is 12.1 Å². The molecule has 0 spiro atoms. The molecule has 78 valence electrons. The largest absolute Gasteiger partial charge is 0.481 e. The van der Waals surface area contributed by atoms with Gasteiger partial charge < -0.3 is 10.4 Å². The van der Waals surface area contributed by atoms with Crippen LogP contribution in [0.1, 0.15) is 21.8 Å². The van der Waals surface area contributed by atoms with Crippen LogP contribution >= 0.6 is 0 Å². The van der Waals surface area contributed by atoms with E-state index >= 15 is 0 Å². The van der Waals surface area contributed by atoms with Crippen molar-refractivity contribution in [2.24, 2.45) is 0 Å². The molecule has 2 N–H and O–H groups in total. The highest BCUT2D eigenvalue weighted by Gasteiger charge is 2.30. The van der Waals surface area contributed by atoms with Crippen molar-refractivity contribution in [2.45, 2.75) is 5.92 Å². The number of rotatable bonds is 1. The second kappa shape index (κ2) is 3.34. The fourth-order valence-electron chi connectivity index (χ4n) is 1.65. The molecule has 4 nitrogen and oxygen atoms in total. The minimum atomic E-state index is -1.03. The zero-order chi connectivity index (χ0) is 11.0. The molecular weight excluding hydrogens is 201 g/mol. The third kappa shape index (κ3) is 1.56. The van der Waals surface area contributed by atoms with E-state index in [9.17, 15) is 14.0 Å². The number of carboxylic acids is 1. The molecule has 1 amide bonds. The smallest absolute Gasteiger partial charge is 0.312 e. The zero-order valence-corrected chi connectivity index (χ0v) is 7.66. The van der Waals surface area contributed by atoms with E-state index < -0.39 is 23.6 Å². The summed E-state index contributed by atoms with van der Waals surface area (Å²) < 4.78 is 12.9. The summed E-state index contributed by atoms with van der Waals surface area (Å²) in [7, 11) is 0. The Morgan fingerprint density at radius 1 is 1.53 bits per heavy atom. The molecule has 1 aromatic rings. The molecule has 5 heteroatoms. The molecule has 1 aliphatic heterocycles. The minimum absolute atomic E-state index is 0.0484. The Hall–Kier alpha value is -1.91. The van der Waals surface area contributed by atoms with Gasteiger partial charge in [0, 0.05) is 12.1 Å². The molecule has 1 atom stereocenters. The fourth-order valence-corrected chi connectivity index (χ4v) is 1.65. The number of benzene rings is 1. The van der Waals surface area contributed by atoms with E-state index in [0.29, 0.717) is 5.56 Å². The number of amides is 1. The van der Waals surface area contributed by atoms with Crippen LogP contribution in [0.25, 0.3) is 0 Å².